The monoisotopic (exact) mass is 420 g/mol. The van der Waals surface area contributed by atoms with Crippen molar-refractivity contribution in [3.8, 4) is 0 Å². The molecule has 2 N–H and O–H groups in total. The zero-order chi connectivity index (χ0) is 18.8. The van der Waals surface area contributed by atoms with Gasteiger partial charge in [-0.25, -0.2) is 0 Å². The Balaban J connectivity index is 1.43. The molecule has 0 aromatic carbocycles. The summed E-state index contributed by atoms with van der Waals surface area (Å²) in [5.41, 5.74) is 8.87. The molecule has 0 bridgehead atoms. The second kappa shape index (κ2) is 8.27. The van der Waals surface area contributed by atoms with Gasteiger partial charge in [-0.3, -0.25) is 4.99 Å². The van der Waals surface area contributed by atoms with Gasteiger partial charge in [-0.15, -0.1) is 23.1 Å². The molecule has 2 unspecified atom stereocenters. The van der Waals surface area contributed by atoms with Crippen LogP contribution < -0.4 is 5.73 Å². The van der Waals surface area contributed by atoms with Crippen LogP contribution in [-0.2, 0) is 9.47 Å². The van der Waals surface area contributed by atoms with Crippen LogP contribution >= 0.6 is 34.7 Å². The number of nitrogens with two attached hydrogens (primary N) is 1. The van der Waals surface area contributed by atoms with E-state index in [2.05, 4.69) is 23.7 Å². The first kappa shape index (κ1) is 18.9. The smallest absolute Gasteiger partial charge is 0.230 e. The second-order valence-corrected chi connectivity index (χ2v) is 9.45. The van der Waals surface area contributed by atoms with Crippen molar-refractivity contribution in [3.05, 3.63) is 63.4 Å². The third kappa shape index (κ3) is 4.19. The first-order chi connectivity index (χ1) is 13.1. The topological polar surface area (TPSA) is 56.8 Å². The van der Waals surface area contributed by atoms with E-state index >= 15 is 0 Å². The van der Waals surface area contributed by atoms with Crippen LogP contribution in [-0.4, -0.2) is 23.8 Å². The van der Waals surface area contributed by atoms with Crippen molar-refractivity contribution in [1.82, 2.24) is 0 Å². The van der Waals surface area contributed by atoms with E-state index in [1.807, 2.05) is 12.1 Å². The normalized spacial score (nSPS) is 24.9. The highest BCUT2D eigenvalue weighted by molar-refractivity contribution is 8.10. The standard InChI is InChI=1S/C20H21ClN2O2S2/c1-2-23-14(5-3-12-4-6-15-16(9-12)25-11-24-15)20-13(22)10-18(27-20)17-7-8-19(21)26-17/h2,7-10,13,20H,1,3-6,11,22H2. The molecule has 0 spiro atoms. The third-order valence-electron chi connectivity index (χ3n) is 4.78. The Hall–Kier alpha value is -1.47. The van der Waals surface area contributed by atoms with Crippen molar-refractivity contribution in [2.75, 3.05) is 6.79 Å². The number of nitrogens with zero attached hydrogens (tertiary/aromatic N) is 1. The molecule has 4 rings (SSSR count). The summed E-state index contributed by atoms with van der Waals surface area (Å²) in [6.07, 6.45) is 9.58. The van der Waals surface area contributed by atoms with Crippen LogP contribution in [0.25, 0.3) is 4.91 Å². The number of allylic oxidation sites excluding steroid dienone is 3. The van der Waals surface area contributed by atoms with Crippen LogP contribution in [0, 0.1) is 0 Å². The van der Waals surface area contributed by atoms with Crippen LogP contribution in [0.1, 0.15) is 30.6 Å². The summed E-state index contributed by atoms with van der Waals surface area (Å²) in [6, 6.07) is 3.91. The molecule has 0 saturated carbocycles. The SMILES string of the molecule is C=CN=C(CCC1=CC2=C(CC1)OCO2)C1SC(c2ccc(Cl)s2)=CC1N. The maximum Gasteiger partial charge on any atom is 0.230 e. The predicted octanol–water partition coefficient (Wildman–Crippen LogP) is 5.49. The van der Waals surface area contributed by atoms with Crippen LogP contribution in [0.2, 0.25) is 4.34 Å². The van der Waals surface area contributed by atoms with Gasteiger partial charge in [0.25, 0.3) is 0 Å². The molecule has 3 heterocycles. The van der Waals surface area contributed by atoms with Crippen LogP contribution in [0.5, 0.6) is 0 Å². The summed E-state index contributed by atoms with van der Waals surface area (Å²) in [7, 11) is 0. The highest BCUT2D eigenvalue weighted by atomic mass is 35.5. The van der Waals surface area contributed by atoms with Crippen molar-refractivity contribution < 1.29 is 9.47 Å². The van der Waals surface area contributed by atoms with Crippen molar-refractivity contribution in [2.24, 2.45) is 10.7 Å². The van der Waals surface area contributed by atoms with Gasteiger partial charge in [-0.2, -0.15) is 0 Å². The molecule has 1 aliphatic carbocycles. The Morgan fingerprint density at radius 3 is 3.04 bits per heavy atom. The predicted molar refractivity (Wildman–Crippen MR) is 115 cm³/mol. The fourth-order valence-corrected chi connectivity index (χ4v) is 5.92. The highest BCUT2D eigenvalue weighted by Crippen LogP contribution is 2.43. The van der Waals surface area contributed by atoms with Gasteiger partial charge < -0.3 is 15.2 Å². The summed E-state index contributed by atoms with van der Waals surface area (Å²) >= 11 is 9.43. The molecule has 7 heteroatoms. The van der Waals surface area contributed by atoms with Crippen molar-refractivity contribution in [3.63, 3.8) is 0 Å². The number of halogens is 1. The van der Waals surface area contributed by atoms with Crippen LogP contribution in [0.3, 0.4) is 0 Å². The maximum absolute atomic E-state index is 6.42. The first-order valence-electron chi connectivity index (χ1n) is 8.89. The molecule has 0 saturated heterocycles. The molecule has 3 aliphatic rings. The van der Waals surface area contributed by atoms with Crippen LogP contribution in [0.15, 0.2) is 59.1 Å². The lowest BCUT2D eigenvalue weighted by atomic mass is 9.95. The average Bonchev–Trinajstić information content (AvgIpc) is 3.38. The lowest BCUT2D eigenvalue weighted by Crippen LogP contribution is -2.34. The molecule has 1 aromatic heterocycles. The molecule has 0 amide bonds. The summed E-state index contributed by atoms with van der Waals surface area (Å²) in [6.45, 7) is 4.13. The van der Waals surface area contributed by atoms with Gasteiger partial charge in [0.05, 0.1) is 9.59 Å². The number of ether oxygens (including phenoxy) is 2. The van der Waals surface area contributed by atoms with E-state index in [9.17, 15) is 0 Å². The highest BCUT2D eigenvalue weighted by Gasteiger charge is 2.31. The Bertz CT molecular complexity index is 869. The Morgan fingerprint density at radius 1 is 1.37 bits per heavy atom. The Kier molecular flexibility index (Phi) is 5.78. The van der Waals surface area contributed by atoms with E-state index < -0.39 is 0 Å². The van der Waals surface area contributed by atoms with E-state index in [1.165, 1.54) is 10.5 Å². The van der Waals surface area contributed by atoms with Crippen molar-refractivity contribution in [1.29, 1.82) is 0 Å². The molecule has 0 fully saturated rings. The van der Waals surface area contributed by atoms with E-state index in [-0.39, 0.29) is 11.3 Å². The Labute approximate surface area is 172 Å². The molecule has 142 valence electrons. The third-order valence-corrected chi connectivity index (χ3v) is 7.63. The number of aliphatic imine (C=N–C) groups is 1. The largest absolute Gasteiger partial charge is 0.458 e. The van der Waals surface area contributed by atoms with E-state index in [0.717, 1.165) is 52.1 Å². The minimum Gasteiger partial charge on any atom is -0.458 e. The lowest BCUT2D eigenvalue weighted by Gasteiger charge is -2.19. The van der Waals surface area contributed by atoms with Gasteiger partial charge in [-0.1, -0.05) is 29.8 Å². The van der Waals surface area contributed by atoms with Crippen LogP contribution in [0.4, 0.5) is 0 Å². The lowest BCUT2D eigenvalue weighted by molar-refractivity contribution is 0.0729. The van der Waals surface area contributed by atoms with Gasteiger partial charge >= 0.3 is 0 Å². The second-order valence-electron chi connectivity index (χ2n) is 6.55. The van der Waals surface area contributed by atoms with Gasteiger partial charge in [0.15, 0.2) is 5.76 Å². The molecule has 2 atom stereocenters. The maximum atomic E-state index is 6.42. The zero-order valence-electron chi connectivity index (χ0n) is 14.8. The quantitative estimate of drug-likeness (QED) is 0.618. The van der Waals surface area contributed by atoms with E-state index in [1.54, 1.807) is 29.3 Å². The fourth-order valence-electron chi connectivity index (χ4n) is 3.44. The Morgan fingerprint density at radius 2 is 2.26 bits per heavy atom. The summed E-state index contributed by atoms with van der Waals surface area (Å²) in [5, 5.41) is 0.129. The average molecular weight is 421 g/mol. The number of thiophene rings is 1. The van der Waals surface area contributed by atoms with E-state index in [0.29, 0.717) is 6.79 Å². The number of rotatable bonds is 6. The van der Waals surface area contributed by atoms with Crippen molar-refractivity contribution in [2.45, 2.75) is 37.0 Å². The first-order valence-corrected chi connectivity index (χ1v) is 11.0. The molecule has 0 radical (unpaired) electrons. The molecular weight excluding hydrogens is 400 g/mol. The molecule has 4 nitrogen and oxygen atoms in total. The van der Waals surface area contributed by atoms with Gasteiger partial charge in [-0.05, 0) is 37.5 Å². The summed E-state index contributed by atoms with van der Waals surface area (Å²) in [4.78, 5) is 6.91. The number of hydrogen-bond donors (Lipinski definition) is 1. The van der Waals surface area contributed by atoms with E-state index in [4.69, 9.17) is 26.8 Å². The molecule has 1 aromatic rings. The summed E-state index contributed by atoms with van der Waals surface area (Å²) < 4.78 is 11.8. The van der Waals surface area contributed by atoms with Crippen molar-refractivity contribution >= 4 is 45.3 Å². The minimum absolute atomic E-state index is 0.0641. The number of thioether (sulfide) groups is 1. The number of hydrogen-bond acceptors (Lipinski definition) is 6. The van der Waals surface area contributed by atoms with Gasteiger partial charge in [0.1, 0.15) is 5.76 Å². The molecule has 27 heavy (non-hydrogen) atoms. The molecular formula is C20H21ClN2O2S2. The fraction of sp³-hybridized carbons (Fsp3) is 0.350. The minimum atomic E-state index is -0.0641. The van der Waals surface area contributed by atoms with Gasteiger partial charge in [0, 0.05) is 34.2 Å². The molecule has 2 aliphatic heterocycles. The summed E-state index contributed by atoms with van der Waals surface area (Å²) in [5.74, 6) is 1.87. The zero-order valence-corrected chi connectivity index (χ0v) is 17.2. The van der Waals surface area contributed by atoms with Gasteiger partial charge in [0.2, 0.25) is 6.79 Å².